The van der Waals surface area contributed by atoms with Crippen molar-refractivity contribution < 1.29 is 9.47 Å². The molecule has 8 heteroatoms. The zero-order chi connectivity index (χ0) is 18.2. The van der Waals surface area contributed by atoms with Gasteiger partial charge in [-0.2, -0.15) is 20.2 Å². The fraction of sp³-hybridized carbons (Fsp3) is 0.294. The molecule has 0 saturated carbocycles. The van der Waals surface area contributed by atoms with Crippen LogP contribution >= 0.6 is 0 Å². The van der Waals surface area contributed by atoms with E-state index >= 15 is 0 Å². The minimum Gasteiger partial charge on any atom is -0.491 e. The molecule has 0 fully saturated rings. The Balaban J connectivity index is 2.32. The Morgan fingerprint density at radius 1 is 1.28 bits per heavy atom. The highest BCUT2D eigenvalue weighted by molar-refractivity contribution is 5.87. The van der Waals surface area contributed by atoms with Gasteiger partial charge in [0.05, 0.1) is 12.2 Å². The molecule has 2 N–H and O–H groups in total. The Hall–Kier alpha value is -3.18. The highest BCUT2D eigenvalue weighted by Gasteiger charge is 2.11. The van der Waals surface area contributed by atoms with Gasteiger partial charge in [-0.1, -0.05) is 12.1 Å². The van der Waals surface area contributed by atoms with E-state index in [1.807, 2.05) is 24.3 Å². The monoisotopic (exact) mass is 340 g/mol. The minimum absolute atomic E-state index is 0.0616. The predicted octanol–water partition coefficient (Wildman–Crippen LogP) is 1.61. The molecule has 2 aromatic rings. The van der Waals surface area contributed by atoms with E-state index in [2.05, 4.69) is 21.0 Å². The minimum atomic E-state index is 0.0616. The molecule has 8 nitrogen and oxygen atoms in total. The van der Waals surface area contributed by atoms with Crippen LogP contribution in [-0.4, -0.2) is 49.4 Å². The molecule has 0 amide bonds. The highest BCUT2D eigenvalue weighted by atomic mass is 16.5. The van der Waals surface area contributed by atoms with Crippen LogP contribution in [0.25, 0.3) is 11.6 Å². The normalized spacial score (nSPS) is 11.0. The van der Waals surface area contributed by atoms with Crippen molar-refractivity contribution in [3.05, 3.63) is 35.7 Å². The van der Waals surface area contributed by atoms with Gasteiger partial charge in [0.15, 0.2) is 5.82 Å². The van der Waals surface area contributed by atoms with Gasteiger partial charge in [-0.25, -0.2) is 0 Å². The summed E-state index contributed by atoms with van der Waals surface area (Å²) in [6.45, 7) is 0.950. The van der Waals surface area contributed by atoms with Crippen molar-refractivity contribution in [1.29, 1.82) is 5.26 Å². The second kappa shape index (κ2) is 8.61. The van der Waals surface area contributed by atoms with Crippen LogP contribution in [0.5, 0.6) is 5.75 Å². The zero-order valence-corrected chi connectivity index (χ0v) is 14.4. The first-order valence-corrected chi connectivity index (χ1v) is 7.56. The maximum Gasteiger partial charge on any atom is 0.230 e. The number of benzene rings is 1. The molecule has 0 bridgehead atoms. The lowest BCUT2D eigenvalue weighted by Crippen LogP contribution is -2.15. The number of rotatable bonds is 7. The van der Waals surface area contributed by atoms with Crippen LogP contribution in [-0.2, 0) is 4.74 Å². The fourth-order valence-electron chi connectivity index (χ4n) is 1.95. The van der Waals surface area contributed by atoms with Crippen LogP contribution in [0.3, 0.4) is 0 Å². The number of allylic oxidation sites excluding steroid dienone is 1. The van der Waals surface area contributed by atoms with E-state index in [-0.39, 0.29) is 17.3 Å². The number of aromatic nitrogens is 3. The average molecular weight is 340 g/mol. The lowest BCUT2D eigenvalue weighted by Gasteiger charge is -2.11. The molecule has 130 valence electrons. The number of nitriles is 1. The van der Waals surface area contributed by atoms with Crippen molar-refractivity contribution in [3.63, 3.8) is 0 Å². The van der Waals surface area contributed by atoms with Crippen molar-refractivity contribution >= 4 is 23.5 Å². The third-order valence-electron chi connectivity index (χ3n) is 3.13. The number of hydrogen-bond acceptors (Lipinski definition) is 8. The fourth-order valence-corrected chi connectivity index (χ4v) is 1.95. The molecule has 0 aliphatic rings. The second-order valence-electron chi connectivity index (χ2n) is 5.30. The van der Waals surface area contributed by atoms with Crippen LogP contribution in [0.15, 0.2) is 24.3 Å². The van der Waals surface area contributed by atoms with Gasteiger partial charge in [0.25, 0.3) is 0 Å². The first-order chi connectivity index (χ1) is 12.0. The number of ether oxygens (including phenoxy) is 2. The lowest BCUT2D eigenvalue weighted by molar-refractivity contribution is 0.146. The summed E-state index contributed by atoms with van der Waals surface area (Å²) in [4.78, 5) is 14.0. The molecule has 25 heavy (non-hydrogen) atoms. The SMILES string of the molecule is COCCOc1cccc(C=C(C#N)c2nc(N)nc(N(C)C)n2)c1. The number of hydrogen-bond donors (Lipinski definition) is 1. The first kappa shape index (κ1) is 18.2. The van der Waals surface area contributed by atoms with Crippen LogP contribution in [0.1, 0.15) is 11.4 Å². The highest BCUT2D eigenvalue weighted by Crippen LogP contribution is 2.20. The summed E-state index contributed by atoms with van der Waals surface area (Å²) in [5, 5.41) is 9.48. The van der Waals surface area contributed by atoms with Gasteiger partial charge < -0.3 is 20.1 Å². The van der Waals surface area contributed by atoms with Crippen LogP contribution in [0.2, 0.25) is 0 Å². The van der Waals surface area contributed by atoms with Gasteiger partial charge in [-0.05, 0) is 23.8 Å². The Labute approximate surface area is 146 Å². The standard InChI is InChI=1S/C17H20N6O2/c1-23(2)17-21-15(20-16(19)22-17)13(11-18)9-12-5-4-6-14(10-12)25-8-7-24-3/h4-6,9-10H,7-8H2,1-3H3,(H2,19,20,21,22). The van der Waals surface area contributed by atoms with Gasteiger partial charge in [0.2, 0.25) is 11.9 Å². The largest absolute Gasteiger partial charge is 0.491 e. The molecular formula is C17H20N6O2. The van der Waals surface area contributed by atoms with E-state index in [0.29, 0.717) is 24.9 Å². The molecule has 0 aliphatic heterocycles. The Kier molecular flexibility index (Phi) is 6.26. The summed E-state index contributed by atoms with van der Waals surface area (Å²) in [5.74, 6) is 1.36. The van der Waals surface area contributed by atoms with E-state index < -0.39 is 0 Å². The van der Waals surface area contributed by atoms with Crippen LogP contribution in [0, 0.1) is 11.3 Å². The smallest absolute Gasteiger partial charge is 0.230 e. The quantitative estimate of drug-likeness (QED) is 0.598. The summed E-state index contributed by atoms with van der Waals surface area (Å²) in [5.41, 5.74) is 6.79. The third kappa shape index (κ3) is 5.16. The number of nitrogens with zero attached hydrogens (tertiary/aromatic N) is 5. The van der Waals surface area contributed by atoms with Gasteiger partial charge >= 0.3 is 0 Å². The van der Waals surface area contributed by atoms with Crippen molar-refractivity contribution in [3.8, 4) is 11.8 Å². The Morgan fingerprint density at radius 3 is 2.76 bits per heavy atom. The lowest BCUT2D eigenvalue weighted by atomic mass is 10.1. The topological polar surface area (TPSA) is 110 Å². The molecular weight excluding hydrogens is 320 g/mol. The number of anilines is 2. The molecule has 0 atom stereocenters. The summed E-state index contributed by atoms with van der Waals surface area (Å²) in [6, 6.07) is 9.47. The summed E-state index contributed by atoms with van der Waals surface area (Å²) in [7, 11) is 5.19. The van der Waals surface area contributed by atoms with Crippen LogP contribution < -0.4 is 15.4 Å². The predicted molar refractivity (Wildman–Crippen MR) is 95.9 cm³/mol. The molecule has 2 rings (SSSR count). The van der Waals surface area contributed by atoms with E-state index in [4.69, 9.17) is 15.2 Å². The molecule has 0 radical (unpaired) electrons. The first-order valence-electron chi connectivity index (χ1n) is 7.56. The maximum absolute atomic E-state index is 9.48. The number of methoxy groups -OCH3 is 1. The summed E-state index contributed by atoms with van der Waals surface area (Å²) in [6.07, 6.45) is 1.68. The van der Waals surface area contributed by atoms with Gasteiger partial charge in [-0.15, -0.1) is 0 Å². The second-order valence-corrected chi connectivity index (χ2v) is 5.30. The summed E-state index contributed by atoms with van der Waals surface area (Å²) < 4.78 is 10.5. The molecule has 0 aliphatic carbocycles. The van der Waals surface area contributed by atoms with Gasteiger partial charge in [-0.3, -0.25) is 0 Å². The molecule has 0 saturated heterocycles. The van der Waals surface area contributed by atoms with Gasteiger partial charge in [0, 0.05) is 21.2 Å². The molecule has 0 unspecified atom stereocenters. The number of nitrogens with two attached hydrogens (primary N) is 1. The van der Waals surface area contributed by atoms with Crippen molar-refractivity contribution in [2.24, 2.45) is 0 Å². The third-order valence-corrected chi connectivity index (χ3v) is 3.13. The Morgan fingerprint density at radius 2 is 2.08 bits per heavy atom. The van der Waals surface area contributed by atoms with Crippen molar-refractivity contribution in [2.45, 2.75) is 0 Å². The number of nitrogen functional groups attached to an aromatic ring is 1. The van der Waals surface area contributed by atoms with Crippen molar-refractivity contribution in [2.75, 3.05) is 45.1 Å². The van der Waals surface area contributed by atoms with E-state index in [1.54, 1.807) is 32.2 Å². The maximum atomic E-state index is 9.48. The molecule has 1 aromatic heterocycles. The molecule has 1 heterocycles. The van der Waals surface area contributed by atoms with E-state index in [1.165, 1.54) is 0 Å². The van der Waals surface area contributed by atoms with Gasteiger partial charge in [0.1, 0.15) is 18.4 Å². The molecule has 1 aromatic carbocycles. The van der Waals surface area contributed by atoms with Crippen molar-refractivity contribution in [1.82, 2.24) is 15.0 Å². The van der Waals surface area contributed by atoms with E-state index in [0.717, 1.165) is 5.56 Å². The summed E-state index contributed by atoms with van der Waals surface area (Å²) >= 11 is 0. The zero-order valence-electron chi connectivity index (χ0n) is 14.4. The van der Waals surface area contributed by atoms with Crippen LogP contribution in [0.4, 0.5) is 11.9 Å². The average Bonchev–Trinajstić information content (AvgIpc) is 2.59. The Bertz CT molecular complexity index is 798. The van der Waals surface area contributed by atoms with E-state index in [9.17, 15) is 5.26 Å². The molecule has 0 spiro atoms.